The maximum absolute atomic E-state index is 13.6. The van der Waals surface area contributed by atoms with Crippen molar-refractivity contribution in [2.45, 2.75) is 13.5 Å². The molecule has 0 spiro atoms. The predicted molar refractivity (Wildman–Crippen MR) is 82.0 cm³/mol. The van der Waals surface area contributed by atoms with Crippen molar-refractivity contribution in [3.63, 3.8) is 0 Å². The molecule has 0 atom stereocenters. The quantitative estimate of drug-likeness (QED) is 0.785. The summed E-state index contributed by atoms with van der Waals surface area (Å²) in [4.78, 5) is 4.36. The van der Waals surface area contributed by atoms with Gasteiger partial charge in [0.1, 0.15) is 11.6 Å². The maximum Gasteiger partial charge on any atom is 0.146 e. The Labute approximate surface area is 123 Å². The zero-order valence-electron chi connectivity index (χ0n) is 11.8. The molecule has 3 rings (SSSR count). The lowest BCUT2D eigenvalue weighted by molar-refractivity contribution is 0.630. The molecule has 0 radical (unpaired) electrons. The van der Waals surface area contributed by atoms with E-state index < -0.39 is 0 Å². The SMILES string of the molecule is Cc1ncc(CNc2ccccc2F)n1-c1ccccc1. The standard InChI is InChI=1S/C17H16FN3/c1-13-19-11-15(21(13)14-7-3-2-4-8-14)12-20-17-10-6-5-9-16(17)18/h2-11,20H,12H2,1H3. The molecule has 0 saturated heterocycles. The lowest BCUT2D eigenvalue weighted by Gasteiger charge is -2.12. The highest BCUT2D eigenvalue weighted by Gasteiger charge is 2.09. The lowest BCUT2D eigenvalue weighted by atomic mass is 10.3. The Morgan fingerprint density at radius 2 is 1.76 bits per heavy atom. The highest BCUT2D eigenvalue weighted by atomic mass is 19.1. The van der Waals surface area contributed by atoms with Crippen molar-refractivity contribution in [2.24, 2.45) is 0 Å². The smallest absolute Gasteiger partial charge is 0.146 e. The number of nitrogens with zero attached hydrogens (tertiary/aromatic N) is 2. The van der Waals surface area contributed by atoms with E-state index in [-0.39, 0.29) is 5.82 Å². The molecule has 0 amide bonds. The number of benzene rings is 2. The fourth-order valence-electron chi connectivity index (χ4n) is 2.34. The molecular weight excluding hydrogens is 265 g/mol. The van der Waals surface area contributed by atoms with Crippen molar-refractivity contribution in [1.82, 2.24) is 9.55 Å². The molecule has 1 heterocycles. The van der Waals surface area contributed by atoms with Gasteiger partial charge in [-0.15, -0.1) is 0 Å². The average molecular weight is 281 g/mol. The summed E-state index contributed by atoms with van der Waals surface area (Å²) < 4.78 is 15.7. The number of aryl methyl sites for hydroxylation is 1. The molecule has 2 aromatic carbocycles. The average Bonchev–Trinajstić information content (AvgIpc) is 2.88. The van der Waals surface area contributed by atoms with Crippen LogP contribution in [-0.4, -0.2) is 9.55 Å². The number of anilines is 1. The first-order valence-corrected chi connectivity index (χ1v) is 6.83. The normalized spacial score (nSPS) is 10.6. The molecule has 21 heavy (non-hydrogen) atoms. The fraction of sp³-hybridized carbons (Fsp3) is 0.118. The second kappa shape index (κ2) is 5.79. The highest BCUT2D eigenvalue weighted by molar-refractivity contribution is 5.45. The predicted octanol–water partition coefficient (Wildman–Crippen LogP) is 3.93. The summed E-state index contributed by atoms with van der Waals surface area (Å²) in [5.74, 6) is 0.659. The van der Waals surface area contributed by atoms with Gasteiger partial charge in [-0.3, -0.25) is 4.57 Å². The first kappa shape index (κ1) is 13.4. The second-order valence-corrected chi connectivity index (χ2v) is 4.80. The van der Waals surface area contributed by atoms with Gasteiger partial charge in [0.15, 0.2) is 0 Å². The lowest BCUT2D eigenvalue weighted by Crippen LogP contribution is -2.08. The van der Waals surface area contributed by atoms with Crippen LogP contribution in [0.5, 0.6) is 0 Å². The summed E-state index contributed by atoms with van der Waals surface area (Å²) in [7, 11) is 0. The van der Waals surface area contributed by atoms with Crippen molar-refractivity contribution in [3.05, 3.63) is 78.1 Å². The van der Waals surface area contributed by atoms with Gasteiger partial charge in [-0.05, 0) is 31.2 Å². The van der Waals surface area contributed by atoms with Gasteiger partial charge in [0.05, 0.1) is 24.1 Å². The topological polar surface area (TPSA) is 29.9 Å². The van der Waals surface area contributed by atoms with Crippen molar-refractivity contribution in [2.75, 3.05) is 5.32 Å². The Hall–Kier alpha value is -2.62. The molecule has 0 saturated carbocycles. The van der Waals surface area contributed by atoms with Crippen molar-refractivity contribution in [3.8, 4) is 5.69 Å². The van der Waals surface area contributed by atoms with Gasteiger partial charge in [-0.25, -0.2) is 9.37 Å². The van der Waals surface area contributed by atoms with Gasteiger partial charge in [0.25, 0.3) is 0 Å². The van der Waals surface area contributed by atoms with Crippen molar-refractivity contribution in [1.29, 1.82) is 0 Å². The molecular formula is C17H16FN3. The molecule has 3 aromatic rings. The Balaban J connectivity index is 1.86. The summed E-state index contributed by atoms with van der Waals surface area (Å²) in [5.41, 5.74) is 2.54. The highest BCUT2D eigenvalue weighted by Crippen LogP contribution is 2.17. The van der Waals surface area contributed by atoms with Crippen molar-refractivity contribution >= 4 is 5.69 Å². The molecule has 0 bridgehead atoms. The van der Waals surface area contributed by atoms with E-state index in [2.05, 4.69) is 14.9 Å². The molecule has 0 fully saturated rings. The molecule has 0 aliphatic carbocycles. The van der Waals surface area contributed by atoms with E-state index in [1.54, 1.807) is 12.1 Å². The molecule has 4 heteroatoms. The number of nitrogens with one attached hydrogen (secondary N) is 1. The third-order valence-corrected chi connectivity index (χ3v) is 3.36. The van der Waals surface area contributed by atoms with E-state index >= 15 is 0 Å². The van der Waals surface area contributed by atoms with Crippen LogP contribution in [0.1, 0.15) is 11.5 Å². The monoisotopic (exact) mass is 281 g/mol. The number of imidazole rings is 1. The first-order valence-electron chi connectivity index (χ1n) is 6.83. The molecule has 1 N–H and O–H groups in total. The Morgan fingerprint density at radius 1 is 1.05 bits per heavy atom. The summed E-state index contributed by atoms with van der Waals surface area (Å²) in [6, 6.07) is 16.7. The Bertz CT molecular complexity index is 735. The summed E-state index contributed by atoms with van der Waals surface area (Å²) >= 11 is 0. The van der Waals surface area contributed by atoms with Crippen molar-refractivity contribution < 1.29 is 4.39 Å². The van der Waals surface area contributed by atoms with Gasteiger partial charge < -0.3 is 5.32 Å². The Morgan fingerprint density at radius 3 is 2.52 bits per heavy atom. The van der Waals surface area contributed by atoms with Crippen LogP contribution in [-0.2, 0) is 6.54 Å². The minimum Gasteiger partial charge on any atom is -0.377 e. The van der Waals surface area contributed by atoms with E-state index in [0.717, 1.165) is 17.2 Å². The summed E-state index contributed by atoms with van der Waals surface area (Å²) in [6.45, 7) is 2.47. The van der Waals surface area contributed by atoms with E-state index in [1.165, 1.54) is 6.07 Å². The zero-order chi connectivity index (χ0) is 14.7. The van der Waals surface area contributed by atoms with E-state index in [0.29, 0.717) is 12.2 Å². The van der Waals surface area contributed by atoms with Crippen LogP contribution in [0.25, 0.3) is 5.69 Å². The molecule has 0 aliphatic heterocycles. The van der Waals surface area contributed by atoms with Crippen LogP contribution < -0.4 is 5.32 Å². The first-order chi connectivity index (χ1) is 10.3. The molecule has 0 aliphatic rings. The third kappa shape index (κ3) is 2.79. The summed E-state index contributed by atoms with van der Waals surface area (Å²) in [5, 5.41) is 3.12. The largest absolute Gasteiger partial charge is 0.377 e. The summed E-state index contributed by atoms with van der Waals surface area (Å²) in [6.07, 6.45) is 1.82. The minimum absolute atomic E-state index is 0.250. The van der Waals surface area contributed by atoms with Crippen LogP contribution in [0.3, 0.4) is 0 Å². The number of hydrogen-bond acceptors (Lipinski definition) is 2. The van der Waals surface area contributed by atoms with Gasteiger partial charge in [-0.1, -0.05) is 30.3 Å². The number of para-hydroxylation sites is 2. The molecule has 1 aromatic heterocycles. The molecule has 106 valence electrons. The number of aromatic nitrogens is 2. The van der Waals surface area contributed by atoms with Crippen LogP contribution in [0.15, 0.2) is 60.8 Å². The molecule has 0 unspecified atom stereocenters. The van der Waals surface area contributed by atoms with E-state index in [4.69, 9.17) is 0 Å². The number of hydrogen-bond donors (Lipinski definition) is 1. The zero-order valence-corrected chi connectivity index (χ0v) is 11.8. The number of rotatable bonds is 4. The minimum atomic E-state index is -0.250. The Kier molecular flexibility index (Phi) is 3.69. The molecule has 3 nitrogen and oxygen atoms in total. The van der Waals surface area contributed by atoms with Gasteiger partial charge in [0, 0.05) is 5.69 Å². The van der Waals surface area contributed by atoms with Gasteiger partial charge in [0.2, 0.25) is 0 Å². The van der Waals surface area contributed by atoms with Gasteiger partial charge in [-0.2, -0.15) is 0 Å². The van der Waals surface area contributed by atoms with Crippen LogP contribution in [0.4, 0.5) is 10.1 Å². The van der Waals surface area contributed by atoms with E-state index in [9.17, 15) is 4.39 Å². The third-order valence-electron chi connectivity index (χ3n) is 3.36. The second-order valence-electron chi connectivity index (χ2n) is 4.80. The van der Waals surface area contributed by atoms with Crippen LogP contribution in [0.2, 0.25) is 0 Å². The van der Waals surface area contributed by atoms with Gasteiger partial charge >= 0.3 is 0 Å². The fourth-order valence-corrected chi connectivity index (χ4v) is 2.34. The van der Waals surface area contributed by atoms with Crippen LogP contribution in [0, 0.1) is 12.7 Å². The maximum atomic E-state index is 13.6. The van der Waals surface area contributed by atoms with Crippen LogP contribution >= 0.6 is 0 Å². The van der Waals surface area contributed by atoms with E-state index in [1.807, 2.05) is 49.5 Å². The number of halogens is 1.